The number of carbonyl (C=O) groups is 1. The molecule has 1 saturated heterocycles. The van der Waals surface area contributed by atoms with Crippen molar-refractivity contribution in [3.05, 3.63) is 35.4 Å². The van der Waals surface area contributed by atoms with Gasteiger partial charge in [-0.15, -0.1) is 0 Å². The Bertz CT molecular complexity index is 559. The SMILES string of the molecule is CC1CN(C(=O)c2cccc(C#CCCO)c2)CCN1C. The molecule has 0 saturated carbocycles. The van der Waals surface area contributed by atoms with Crippen molar-refractivity contribution in [3.63, 3.8) is 0 Å². The molecule has 0 radical (unpaired) electrons. The van der Waals surface area contributed by atoms with Crippen molar-refractivity contribution in [2.24, 2.45) is 0 Å². The van der Waals surface area contributed by atoms with Gasteiger partial charge in [-0.25, -0.2) is 0 Å². The summed E-state index contributed by atoms with van der Waals surface area (Å²) in [7, 11) is 2.09. The lowest BCUT2D eigenvalue weighted by Crippen LogP contribution is -2.52. The molecular formula is C17H22N2O2. The highest BCUT2D eigenvalue weighted by Crippen LogP contribution is 2.13. The second kappa shape index (κ2) is 7.26. The van der Waals surface area contributed by atoms with Crippen LogP contribution >= 0.6 is 0 Å². The predicted molar refractivity (Wildman–Crippen MR) is 83.0 cm³/mol. The maximum atomic E-state index is 12.6. The Labute approximate surface area is 126 Å². The number of aliphatic hydroxyl groups is 1. The van der Waals surface area contributed by atoms with Gasteiger partial charge in [0.15, 0.2) is 0 Å². The van der Waals surface area contributed by atoms with Gasteiger partial charge in [-0.1, -0.05) is 17.9 Å². The van der Waals surface area contributed by atoms with E-state index in [2.05, 4.69) is 30.7 Å². The van der Waals surface area contributed by atoms with E-state index in [1.54, 1.807) is 0 Å². The first kappa shape index (κ1) is 15.6. The van der Waals surface area contributed by atoms with Gasteiger partial charge in [0, 0.05) is 43.2 Å². The van der Waals surface area contributed by atoms with Gasteiger partial charge in [0.25, 0.3) is 5.91 Å². The summed E-state index contributed by atoms with van der Waals surface area (Å²) in [6.45, 7) is 4.62. The van der Waals surface area contributed by atoms with Crippen LogP contribution in [0.1, 0.15) is 29.3 Å². The van der Waals surface area contributed by atoms with Crippen LogP contribution in [-0.2, 0) is 0 Å². The van der Waals surface area contributed by atoms with Crippen LogP contribution in [0, 0.1) is 11.8 Å². The van der Waals surface area contributed by atoms with Crippen LogP contribution in [0.3, 0.4) is 0 Å². The van der Waals surface area contributed by atoms with Crippen LogP contribution in [0.15, 0.2) is 24.3 Å². The first-order chi connectivity index (χ1) is 10.1. The molecule has 1 atom stereocenters. The first-order valence-corrected chi connectivity index (χ1v) is 7.31. The zero-order valence-electron chi connectivity index (χ0n) is 12.7. The van der Waals surface area contributed by atoms with Gasteiger partial charge in [0.05, 0.1) is 6.61 Å². The van der Waals surface area contributed by atoms with E-state index in [9.17, 15) is 4.79 Å². The van der Waals surface area contributed by atoms with Crippen molar-refractivity contribution in [2.45, 2.75) is 19.4 Å². The number of benzene rings is 1. The Morgan fingerprint density at radius 2 is 2.24 bits per heavy atom. The fourth-order valence-corrected chi connectivity index (χ4v) is 2.37. The monoisotopic (exact) mass is 286 g/mol. The number of amides is 1. The average molecular weight is 286 g/mol. The fraction of sp³-hybridized carbons (Fsp3) is 0.471. The number of carbonyl (C=O) groups excluding carboxylic acids is 1. The number of hydrogen-bond acceptors (Lipinski definition) is 3. The lowest BCUT2D eigenvalue weighted by molar-refractivity contribution is 0.0572. The molecule has 0 bridgehead atoms. The minimum Gasteiger partial charge on any atom is -0.395 e. The quantitative estimate of drug-likeness (QED) is 0.831. The van der Waals surface area contributed by atoms with Crippen LogP contribution in [0.25, 0.3) is 0 Å². The summed E-state index contributed by atoms with van der Waals surface area (Å²) in [6.07, 6.45) is 0.453. The molecule has 21 heavy (non-hydrogen) atoms. The summed E-state index contributed by atoms with van der Waals surface area (Å²) in [5.41, 5.74) is 1.50. The highest BCUT2D eigenvalue weighted by molar-refractivity contribution is 5.94. The molecule has 4 heteroatoms. The van der Waals surface area contributed by atoms with Crippen molar-refractivity contribution in [1.29, 1.82) is 0 Å². The smallest absolute Gasteiger partial charge is 0.253 e. The molecule has 1 N–H and O–H groups in total. The Morgan fingerprint density at radius 1 is 1.43 bits per heavy atom. The third kappa shape index (κ3) is 4.07. The zero-order chi connectivity index (χ0) is 15.2. The van der Waals surface area contributed by atoms with E-state index in [1.165, 1.54) is 0 Å². The van der Waals surface area contributed by atoms with E-state index in [0.29, 0.717) is 18.0 Å². The van der Waals surface area contributed by atoms with E-state index in [4.69, 9.17) is 5.11 Å². The molecule has 0 aliphatic carbocycles. The van der Waals surface area contributed by atoms with Crippen molar-refractivity contribution < 1.29 is 9.90 Å². The largest absolute Gasteiger partial charge is 0.395 e. The molecule has 1 aliphatic heterocycles. The van der Waals surface area contributed by atoms with E-state index in [0.717, 1.165) is 25.2 Å². The second-order valence-corrected chi connectivity index (χ2v) is 5.44. The first-order valence-electron chi connectivity index (χ1n) is 7.31. The summed E-state index contributed by atoms with van der Waals surface area (Å²) in [5.74, 6) is 5.92. The minimum atomic E-state index is 0.0603. The number of hydrogen-bond donors (Lipinski definition) is 1. The van der Waals surface area contributed by atoms with Gasteiger partial charge in [-0.05, 0) is 32.2 Å². The standard InChI is InChI=1S/C17H22N2O2/c1-14-13-19(10-9-18(14)2)17(21)16-8-5-7-15(12-16)6-3-4-11-20/h5,7-8,12,14,20H,4,9-11,13H2,1-2H3. The summed E-state index contributed by atoms with van der Waals surface area (Å²) < 4.78 is 0. The maximum Gasteiger partial charge on any atom is 0.253 e. The molecule has 1 aliphatic rings. The van der Waals surface area contributed by atoms with Crippen molar-refractivity contribution in [3.8, 4) is 11.8 Å². The Hall–Kier alpha value is -1.83. The normalized spacial score (nSPS) is 19.0. The lowest BCUT2D eigenvalue weighted by atomic mass is 10.1. The molecular weight excluding hydrogens is 264 g/mol. The molecule has 1 heterocycles. The van der Waals surface area contributed by atoms with Gasteiger partial charge in [0.1, 0.15) is 0 Å². The molecule has 1 unspecified atom stereocenters. The minimum absolute atomic E-state index is 0.0603. The topological polar surface area (TPSA) is 43.8 Å². The third-order valence-electron chi connectivity index (χ3n) is 3.83. The van der Waals surface area contributed by atoms with Gasteiger partial charge in [0.2, 0.25) is 0 Å². The predicted octanol–water partition coefficient (Wildman–Crippen LogP) is 1.20. The molecule has 1 aromatic carbocycles. The van der Waals surface area contributed by atoms with Crippen LogP contribution in [0.4, 0.5) is 0 Å². The van der Waals surface area contributed by atoms with Crippen molar-refractivity contribution >= 4 is 5.91 Å². The van der Waals surface area contributed by atoms with Gasteiger partial charge >= 0.3 is 0 Å². The van der Waals surface area contributed by atoms with Crippen molar-refractivity contribution in [1.82, 2.24) is 9.80 Å². The summed E-state index contributed by atoms with van der Waals surface area (Å²) in [5, 5.41) is 8.74. The van der Waals surface area contributed by atoms with Crippen molar-refractivity contribution in [2.75, 3.05) is 33.3 Å². The molecule has 2 rings (SSSR count). The fourth-order valence-electron chi connectivity index (χ4n) is 2.37. The molecule has 4 nitrogen and oxygen atoms in total. The highest BCUT2D eigenvalue weighted by atomic mass is 16.2. The zero-order valence-corrected chi connectivity index (χ0v) is 12.7. The number of likely N-dealkylation sites (N-methyl/N-ethyl adjacent to an activating group) is 1. The van der Waals surface area contributed by atoms with Gasteiger partial charge in [-0.3, -0.25) is 4.79 Å². The molecule has 1 amide bonds. The van der Waals surface area contributed by atoms with Crippen LogP contribution in [0.5, 0.6) is 0 Å². The summed E-state index contributed by atoms with van der Waals surface area (Å²) >= 11 is 0. The van der Waals surface area contributed by atoms with E-state index < -0.39 is 0 Å². The maximum absolute atomic E-state index is 12.6. The average Bonchev–Trinajstić information content (AvgIpc) is 2.50. The van der Waals surface area contributed by atoms with Crippen LogP contribution < -0.4 is 0 Å². The summed E-state index contributed by atoms with van der Waals surface area (Å²) in [4.78, 5) is 16.7. The second-order valence-electron chi connectivity index (χ2n) is 5.44. The van der Waals surface area contributed by atoms with Gasteiger partial charge in [-0.2, -0.15) is 0 Å². The molecule has 0 aromatic heterocycles. The van der Waals surface area contributed by atoms with E-state index in [-0.39, 0.29) is 12.5 Å². The number of aliphatic hydroxyl groups excluding tert-OH is 1. The Morgan fingerprint density at radius 3 is 2.95 bits per heavy atom. The Kier molecular flexibility index (Phi) is 5.38. The van der Waals surface area contributed by atoms with E-state index >= 15 is 0 Å². The third-order valence-corrected chi connectivity index (χ3v) is 3.83. The molecule has 112 valence electrons. The highest BCUT2D eigenvalue weighted by Gasteiger charge is 2.24. The lowest BCUT2D eigenvalue weighted by Gasteiger charge is -2.37. The van der Waals surface area contributed by atoms with Crippen LogP contribution in [0.2, 0.25) is 0 Å². The molecule has 1 fully saturated rings. The Balaban J connectivity index is 2.09. The number of nitrogens with zero attached hydrogens (tertiary/aromatic N) is 2. The van der Waals surface area contributed by atoms with Gasteiger partial charge < -0.3 is 14.9 Å². The number of rotatable bonds is 2. The summed E-state index contributed by atoms with van der Waals surface area (Å²) in [6, 6.07) is 7.79. The number of piperazine rings is 1. The molecule has 0 spiro atoms. The van der Waals surface area contributed by atoms with Crippen LogP contribution in [-0.4, -0.2) is 60.1 Å². The van der Waals surface area contributed by atoms with E-state index in [1.807, 2.05) is 29.2 Å². The molecule has 1 aromatic rings.